The zero-order valence-electron chi connectivity index (χ0n) is 14.9. The van der Waals surface area contributed by atoms with E-state index in [-0.39, 0.29) is 24.3 Å². The monoisotopic (exact) mass is 344 g/mol. The highest BCUT2D eigenvalue weighted by atomic mass is 16.5. The van der Waals surface area contributed by atoms with E-state index in [4.69, 9.17) is 9.47 Å². The van der Waals surface area contributed by atoms with Crippen LogP contribution in [0.3, 0.4) is 0 Å². The number of methoxy groups -OCH3 is 2. The minimum Gasteiger partial charge on any atom is -0.497 e. The van der Waals surface area contributed by atoms with Gasteiger partial charge in [-0.1, -0.05) is 6.42 Å². The van der Waals surface area contributed by atoms with Gasteiger partial charge in [0, 0.05) is 36.5 Å². The SMILES string of the molecule is COc1cc(NC(=O)CC2=C3CCCCC3N(C)C2=O)cc(OC)c1. The molecule has 1 unspecified atom stereocenters. The van der Waals surface area contributed by atoms with Gasteiger partial charge in [0.25, 0.3) is 5.91 Å². The van der Waals surface area contributed by atoms with Crippen LogP contribution < -0.4 is 14.8 Å². The smallest absolute Gasteiger partial charge is 0.250 e. The highest BCUT2D eigenvalue weighted by Crippen LogP contribution is 2.37. The molecule has 2 aliphatic rings. The van der Waals surface area contributed by atoms with Gasteiger partial charge in [0.2, 0.25) is 5.91 Å². The maximum atomic E-state index is 12.5. The van der Waals surface area contributed by atoms with Crippen molar-refractivity contribution in [3.8, 4) is 11.5 Å². The molecular formula is C19H24N2O4. The summed E-state index contributed by atoms with van der Waals surface area (Å²) in [6.45, 7) is 0. The van der Waals surface area contributed by atoms with E-state index in [1.807, 2.05) is 7.05 Å². The fourth-order valence-electron chi connectivity index (χ4n) is 3.70. The Morgan fingerprint density at radius 2 is 1.88 bits per heavy atom. The molecule has 1 aromatic rings. The van der Waals surface area contributed by atoms with Gasteiger partial charge < -0.3 is 19.7 Å². The molecular weight excluding hydrogens is 320 g/mol. The zero-order valence-corrected chi connectivity index (χ0v) is 14.9. The van der Waals surface area contributed by atoms with Crippen molar-refractivity contribution in [1.29, 1.82) is 0 Å². The molecule has 1 saturated carbocycles. The Balaban J connectivity index is 1.75. The van der Waals surface area contributed by atoms with Crippen LogP contribution in [0.2, 0.25) is 0 Å². The zero-order chi connectivity index (χ0) is 18.0. The van der Waals surface area contributed by atoms with E-state index in [2.05, 4.69) is 5.32 Å². The van der Waals surface area contributed by atoms with Gasteiger partial charge in [-0.3, -0.25) is 9.59 Å². The molecule has 6 heteroatoms. The van der Waals surface area contributed by atoms with Crippen molar-refractivity contribution < 1.29 is 19.1 Å². The highest BCUT2D eigenvalue weighted by Gasteiger charge is 2.38. The summed E-state index contributed by atoms with van der Waals surface area (Å²) in [6, 6.07) is 5.37. The fourth-order valence-corrected chi connectivity index (χ4v) is 3.70. The average molecular weight is 344 g/mol. The lowest BCUT2D eigenvalue weighted by Gasteiger charge is -2.26. The molecule has 2 amide bonds. The molecule has 1 atom stereocenters. The third-order valence-electron chi connectivity index (χ3n) is 4.98. The van der Waals surface area contributed by atoms with E-state index in [9.17, 15) is 9.59 Å². The molecule has 0 bridgehead atoms. The van der Waals surface area contributed by atoms with Crippen molar-refractivity contribution >= 4 is 17.5 Å². The molecule has 0 spiro atoms. The third-order valence-corrected chi connectivity index (χ3v) is 4.98. The van der Waals surface area contributed by atoms with Crippen LogP contribution in [0.15, 0.2) is 29.3 Å². The van der Waals surface area contributed by atoms with Gasteiger partial charge in [-0.2, -0.15) is 0 Å². The van der Waals surface area contributed by atoms with Crippen LogP contribution in [0.4, 0.5) is 5.69 Å². The van der Waals surface area contributed by atoms with Crippen LogP contribution in [0.5, 0.6) is 11.5 Å². The summed E-state index contributed by atoms with van der Waals surface area (Å²) in [7, 11) is 4.95. The number of anilines is 1. The Bertz CT molecular complexity index is 704. The summed E-state index contributed by atoms with van der Waals surface area (Å²) >= 11 is 0. The van der Waals surface area contributed by atoms with Crippen molar-refractivity contribution in [3.63, 3.8) is 0 Å². The van der Waals surface area contributed by atoms with Gasteiger partial charge in [-0.15, -0.1) is 0 Å². The van der Waals surface area contributed by atoms with E-state index in [1.54, 1.807) is 37.3 Å². The largest absolute Gasteiger partial charge is 0.497 e. The van der Waals surface area contributed by atoms with Gasteiger partial charge in [0.15, 0.2) is 0 Å². The number of ether oxygens (including phenoxy) is 2. The van der Waals surface area contributed by atoms with Crippen LogP contribution in [-0.4, -0.2) is 44.0 Å². The molecule has 6 nitrogen and oxygen atoms in total. The van der Waals surface area contributed by atoms with Gasteiger partial charge in [-0.05, 0) is 24.8 Å². The number of amides is 2. The Kier molecular flexibility index (Phi) is 4.97. The molecule has 0 aromatic heterocycles. The molecule has 1 fully saturated rings. The Morgan fingerprint density at radius 1 is 1.20 bits per heavy atom. The van der Waals surface area contributed by atoms with Crippen molar-refractivity contribution in [2.45, 2.75) is 38.1 Å². The predicted molar refractivity (Wildman–Crippen MR) is 94.8 cm³/mol. The third kappa shape index (κ3) is 3.48. The number of hydrogen-bond donors (Lipinski definition) is 1. The van der Waals surface area contributed by atoms with Crippen LogP contribution in [-0.2, 0) is 9.59 Å². The van der Waals surface area contributed by atoms with Crippen molar-refractivity contribution in [2.24, 2.45) is 0 Å². The lowest BCUT2D eigenvalue weighted by molar-refractivity contribution is -0.127. The van der Waals surface area contributed by atoms with Gasteiger partial charge in [0.1, 0.15) is 11.5 Å². The van der Waals surface area contributed by atoms with Gasteiger partial charge in [0.05, 0.1) is 26.7 Å². The van der Waals surface area contributed by atoms with Crippen molar-refractivity contribution in [3.05, 3.63) is 29.3 Å². The summed E-state index contributed by atoms with van der Waals surface area (Å²) in [5.41, 5.74) is 2.41. The van der Waals surface area contributed by atoms with Crippen LogP contribution in [0.1, 0.15) is 32.1 Å². The Morgan fingerprint density at radius 3 is 2.52 bits per heavy atom. The molecule has 134 valence electrons. The Hall–Kier alpha value is -2.50. The summed E-state index contributed by atoms with van der Waals surface area (Å²) in [4.78, 5) is 26.8. The van der Waals surface area contributed by atoms with E-state index in [0.717, 1.165) is 31.3 Å². The summed E-state index contributed by atoms with van der Waals surface area (Å²) in [5, 5.41) is 2.85. The number of nitrogens with zero attached hydrogens (tertiary/aromatic N) is 1. The molecule has 25 heavy (non-hydrogen) atoms. The molecule has 0 saturated heterocycles. The van der Waals surface area contributed by atoms with E-state index in [1.165, 1.54) is 0 Å². The molecule has 3 rings (SSSR count). The first-order valence-corrected chi connectivity index (χ1v) is 8.55. The summed E-state index contributed by atoms with van der Waals surface area (Å²) < 4.78 is 10.4. The van der Waals surface area contributed by atoms with Crippen molar-refractivity contribution in [2.75, 3.05) is 26.6 Å². The van der Waals surface area contributed by atoms with Crippen molar-refractivity contribution in [1.82, 2.24) is 4.90 Å². The first kappa shape index (κ1) is 17.3. The quantitative estimate of drug-likeness (QED) is 0.892. The summed E-state index contributed by atoms with van der Waals surface area (Å²) in [5.74, 6) is 0.979. The number of carbonyl (C=O) groups is 2. The van der Waals surface area contributed by atoms with Gasteiger partial charge in [-0.25, -0.2) is 0 Å². The lowest BCUT2D eigenvalue weighted by Crippen LogP contribution is -2.33. The normalized spacial score (nSPS) is 19.7. The first-order valence-electron chi connectivity index (χ1n) is 8.55. The molecule has 1 aliphatic heterocycles. The minimum absolute atomic E-state index is 0.0136. The first-order chi connectivity index (χ1) is 12.0. The average Bonchev–Trinajstić information content (AvgIpc) is 2.86. The number of benzene rings is 1. The number of nitrogens with one attached hydrogen (secondary N) is 1. The number of rotatable bonds is 5. The predicted octanol–water partition coefficient (Wildman–Crippen LogP) is 2.74. The second-order valence-corrected chi connectivity index (χ2v) is 6.51. The topological polar surface area (TPSA) is 67.9 Å². The van der Waals surface area contributed by atoms with Crippen LogP contribution in [0, 0.1) is 0 Å². The fraction of sp³-hybridized carbons (Fsp3) is 0.474. The molecule has 1 aromatic carbocycles. The molecule has 1 heterocycles. The number of carbonyl (C=O) groups excluding carboxylic acids is 2. The number of fused-ring (bicyclic) bond motifs is 1. The molecule has 1 N–H and O–H groups in total. The molecule has 1 aliphatic carbocycles. The maximum Gasteiger partial charge on any atom is 0.250 e. The molecule has 0 radical (unpaired) electrons. The Labute approximate surface area is 147 Å². The maximum absolute atomic E-state index is 12.5. The van der Waals surface area contributed by atoms with Gasteiger partial charge >= 0.3 is 0 Å². The second-order valence-electron chi connectivity index (χ2n) is 6.51. The minimum atomic E-state index is -0.203. The van der Waals surface area contributed by atoms with Crippen LogP contribution in [0.25, 0.3) is 0 Å². The lowest BCUT2D eigenvalue weighted by atomic mass is 9.88. The van der Waals surface area contributed by atoms with Crippen LogP contribution >= 0.6 is 0 Å². The van der Waals surface area contributed by atoms with E-state index < -0.39 is 0 Å². The second kappa shape index (κ2) is 7.17. The highest BCUT2D eigenvalue weighted by molar-refractivity contribution is 6.04. The number of hydrogen-bond acceptors (Lipinski definition) is 4. The van der Waals surface area contributed by atoms with E-state index >= 15 is 0 Å². The summed E-state index contributed by atoms with van der Waals surface area (Å²) in [6.07, 6.45) is 4.24. The standard InChI is InChI=1S/C19H24N2O4/c1-21-17-7-5-4-6-15(17)16(19(21)23)11-18(22)20-12-8-13(24-2)10-14(9-12)25-3/h8-10,17H,4-7,11H2,1-3H3,(H,20,22). The number of likely N-dealkylation sites (N-methyl/N-ethyl adjacent to an activating group) is 1. The van der Waals surface area contributed by atoms with E-state index in [0.29, 0.717) is 22.8 Å².